The Kier molecular flexibility index (Phi) is 5.72. The fraction of sp³-hybridized carbons (Fsp3) is 0.167. The maximum Gasteiger partial charge on any atom is 0.441 e. The Labute approximate surface area is 202 Å². The molecule has 7 nitrogen and oxygen atoms in total. The summed E-state index contributed by atoms with van der Waals surface area (Å²) in [5, 5.41) is 12.0. The lowest BCUT2D eigenvalue weighted by Crippen LogP contribution is -2.35. The predicted molar refractivity (Wildman–Crippen MR) is 130 cm³/mol. The number of alkyl halides is 3. The molecule has 0 saturated heterocycles. The second-order valence-electron chi connectivity index (χ2n) is 7.75. The van der Waals surface area contributed by atoms with Gasteiger partial charge in [0.05, 0.1) is 12.1 Å². The van der Waals surface area contributed by atoms with Crippen LogP contribution in [0.15, 0.2) is 70.3 Å². The van der Waals surface area contributed by atoms with Gasteiger partial charge in [-0.3, -0.25) is 10.2 Å². The van der Waals surface area contributed by atoms with Gasteiger partial charge in [0.2, 0.25) is 10.2 Å². The van der Waals surface area contributed by atoms with Gasteiger partial charge in [-0.2, -0.15) is 28.3 Å². The Hall–Kier alpha value is -3.86. The highest BCUT2D eigenvalue weighted by Gasteiger charge is 2.46. The van der Waals surface area contributed by atoms with Gasteiger partial charge in [-0.05, 0) is 43.0 Å². The van der Waals surface area contributed by atoms with Crippen molar-refractivity contribution >= 4 is 50.7 Å². The first-order valence-electron chi connectivity index (χ1n) is 10.6. The number of halogens is 3. The summed E-state index contributed by atoms with van der Waals surface area (Å²) in [6.45, 7) is 2.81. The monoisotopic (exact) mass is 497 g/mol. The lowest BCUT2D eigenvalue weighted by Gasteiger charge is -2.20. The van der Waals surface area contributed by atoms with Gasteiger partial charge in [0.25, 0.3) is 5.91 Å². The van der Waals surface area contributed by atoms with E-state index in [1.165, 1.54) is 6.08 Å². The van der Waals surface area contributed by atoms with Crippen molar-refractivity contribution in [3.8, 4) is 5.75 Å². The molecule has 0 spiro atoms. The summed E-state index contributed by atoms with van der Waals surface area (Å²) in [4.78, 5) is 16.4. The molecule has 0 fully saturated rings. The Bertz CT molecular complexity index is 1440. The molecule has 2 aromatic carbocycles. The average molecular weight is 498 g/mol. The zero-order valence-corrected chi connectivity index (χ0v) is 19.2. The highest BCUT2D eigenvalue weighted by atomic mass is 32.2. The van der Waals surface area contributed by atoms with E-state index < -0.39 is 23.0 Å². The Morgan fingerprint density at radius 2 is 1.83 bits per heavy atom. The molecular formula is C24H18F3N5O2S. The average Bonchev–Trinajstić information content (AvgIpc) is 3.37. The third kappa shape index (κ3) is 4.23. The van der Waals surface area contributed by atoms with Gasteiger partial charge < -0.3 is 9.30 Å². The molecule has 2 aliphatic heterocycles. The van der Waals surface area contributed by atoms with E-state index in [1.807, 2.05) is 66.1 Å². The lowest BCUT2D eigenvalue weighted by atomic mass is 10.1. The summed E-state index contributed by atoms with van der Waals surface area (Å²) in [5.74, 6) is -0.479. The van der Waals surface area contributed by atoms with Crippen LogP contribution >= 0.6 is 11.8 Å². The van der Waals surface area contributed by atoms with Gasteiger partial charge in [-0.25, -0.2) is 0 Å². The molecule has 2 aliphatic rings. The Morgan fingerprint density at radius 1 is 1.11 bits per heavy atom. The van der Waals surface area contributed by atoms with Crippen molar-refractivity contribution in [2.24, 2.45) is 10.1 Å². The number of carbonyl (C=O) groups excluding carboxylic acids is 1. The molecule has 1 aromatic heterocycles. The zero-order chi connectivity index (χ0) is 24.7. The number of carbonyl (C=O) groups is 1. The first kappa shape index (κ1) is 22.9. The van der Waals surface area contributed by atoms with Crippen molar-refractivity contribution in [3.63, 3.8) is 0 Å². The van der Waals surface area contributed by atoms with Gasteiger partial charge in [-0.1, -0.05) is 36.4 Å². The number of aromatic nitrogens is 1. The topological polar surface area (TPSA) is 83.0 Å². The molecule has 0 radical (unpaired) electrons. The molecule has 0 unspecified atom stereocenters. The fourth-order valence-electron chi connectivity index (χ4n) is 3.95. The number of amidine groups is 2. The highest BCUT2D eigenvalue weighted by Crippen LogP contribution is 2.36. The van der Waals surface area contributed by atoms with Crippen LogP contribution in [-0.2, 0) is 11.3 Å². The quantitative estimate of drug-likeness (QED) is 0.491. The second-order valence-corrected chi connectivity index (χ2v) is 8.71. The molecule has 11 heteroatoms. The number of amides is 1. The van der Waals surface area contributed by atoms with Gasteiger partial charge in [0.1, 0.15) is 12.4 Å². The van der Waals surface area contributed by atoms with E-state index in [-0.39, 0.29) is 22.5 Å². The van der Waals surface area contributed by atoms with E-state index in [2.05, 4.69) is 10.1 Å². The predicted octanol–water partition coefficient (Wildman–Crippen LogP) is 5.21. The fourth-order valence-corrected chi connectivity index (χ4v) is 4.71. The molecule has 35 heavy (non-hydrogen) atoms. The van der Waals surface area contributed by atoms with Crippen LogP contribution in [0.3, 0.4) is 0 Å². The van der Waals surface area contributed by atoms with Crippen molar-refractivity contribution in [2.45, 2.75) is 19.6 Å². The van der Waals surface area contributed by atoms with Crippen LogP contribution in [0.5, 0.6) is 5.75 Å². The van der Waals surface area contributed by atoms with Gasteiger partial charge >= 0.3 is 6.18 Å². The highest BCUT2D eigenvalue weighted by molar-refractivity contribution is 8.27. The minimum absolute atomic E-state index is 0.131. The number of hydrazone groups is 1. The van der Waals surface area contributed by atoms with Crippen molar-refractivity contribution in [1.29, 1.82) is 5.41 Å². The van der Waals surface area contributed by atoms with Crippen LogP contribution in [0.2, 0.25) is 0 Å². The number of aliphatic imine (C=N–C) groups is 1. The smallest absolute Gasteiger partial charge is 0.441 e. The van der Waals surface area contributed by atoms with Gasteiger partial charge in [0, 0.05) is 22.2 Å². The van der Waals surface area contributed by atoms with Crippen molar-refractivity contribution < 1.29 is 22.7 Å². The minimum atomic E-state index is -4.69. The number of nitrogens with zero attached hydrogens (tertiary/aromatic N) is 4. The number of ether oxygens (including phenoxy) is 1. The molecule has 0 atom stereocenters. The summed E-state index contributed by atoms with van der Waals surface area (Å²) >= 11 is 0.228. The standard InChI is InChI=1S/C24H18F3N5O2S/c1-14-17(13-18-20(28)32-23(29-21(18)33)35-22(30-32)24(25,26)27)16-9-5-6-10-19(16)31(14)11-12-34-15-7-3-2-4-8-15/h2-10,13,28H,11-12H2,1H3. The number of hydrogen-bond donors (Lipinski definition) is 1. The number of nitrogens with one attached hydrogen (secondary N) is 1. The summed E-state index contributed by atoms with van der Waals surface area (Å²) in [5.41, 5.74) is 2.27. The molecule has 0 saturated carbocycles. The molecule has 0 aliphatic carbocycles. The molecule has 1 N–H and O–H groups in total. The SMILES string of the molecule is Cc1c(C=C2C(=N)N3N=C(C(F)(F)F)SC3=NC2=O)c2ccccc2n1CCOc1ccccc1. The maximum absolute atomic E-state index is 13.1. The summed E-state index contributed by atoms with van der Waals surface area (Å²) in [6.07, 6.45) is -3.19. The van der Waals surface area contributed by atoms with Crippen molar-refractivity contribution in [1.82, 2.24) is 9.58 Å². The normalized spacial score (nSPS) is 17.1. The number of hydrogen-bond acceptors (Lipinski definition) is 5. The Morgan fingerprint density at radius 3 is 2.57 bits per heavy atom. The van der Waals surface area contributed by atoms with Crippen molar-refractivity contribution in [2.75, 3.05) is 6.61 Å². The number of fused-ring (bicyclic) bond motifs is 2. The summed E-state index contributed by atoms with van der Waals surface area (Å²) in [7, 11) is 0. The van der Waals surface area contributed by atoms with E-state index in [1.54, 1.807) is 0 Å². The molecule has 0 bridgehead atoms. The first-order chi connectivity index (χ1) is 16.7. The van der Waals surface area contributed by atoms with E-state index in [4.69, 9.17) is 10.1 Å². The van der Waals surface area contributed by atoms with Crippen LogP contribution in [-0.4, -0.2) is 44.3 Å². The summed E-state index contributed by atoms with van der Waals surface area (Å²) < 4.78 is 47.2. The van der Waals surface area contributed by atoms with Crippen LogP contribution in [0, 0.1) is 12.3 Å². The number of thioether (sulfide) groups is 1. The number of benzene rings is 2. The van der Waals surface area contributed by atoms with Crippen molar-refractivity contribution in [3.05, 3.63) is 71.4 Å². The summed E-state index contributed by atoms with van der Waals surface area (Å²) in [6, 6.07) is 17.0. The molecule has 5 rings (SSSR count). The molecule has 3 heterocycles. The van der Waals surface area contributed by atoms with E-state index in [0.717, 1.165) is 27.4 Å². The van der Waals surface area contributed by atoms with E-state index in [0.29, 0.717) is 18.7 Å². The van der Waals surface area contributed by atoms with Crippen LogP contribution in [0.1, 0.15) is 11.3 Å². The zero-order valence-electron chi connectivity index (χ0n) is 18.3. The molecular weight excluding hydrogens is 479 g/mol. The molecule has 3 aromatic rings. The van der Waals surface area contributed by atoms with E-state index in [9.17, 15) is 18.0 Å². The van der Waals surface area contributed by atoms with Gasteiger partial charge in [-0.15, -0.1) is 0 Å². The van der Waals surface area contributed by atoms with Crippen LogP contribution in [0.4, 0.5) is 13.2 Å². The van der Waals surface area contributed by atoms with E-state index >= 15 is 0 Å². The Balaban J connectivity index is 1.49. The number of para-hydroxylation sites is 2. The van der Waals surface area contributed by atoms with Crippen LogP contribution in [0.25, 0.3) is 17.0 Å². The third-order valence-corrected chi connectivity index (χ3v) is 6.55. The van der Waals surface area contributed by atoms with Gasteiger partial charge in [0.15, 0.2) is 5.84 Å². The first-order valence-corrected chi connectivity index (χ1v) is 11.4. The third-order valence-electron chi connectivity index (χ3n) is 5.59. The number of rotatable bonds is 5. The molecule has 1 amide bonds. The largest absolute Gasteiger partial charge is 0.492 e. The van der Waals surface area contributed by atoms with Crippen LogP contribution < -0.4 is 4.74 Å². The lowest BCUT2D eigenvalue weighted by molar-refractivity contribution is -0.114. The molecule has 178 valence electrons. The minimum Gasteiger partial charge on any atom is -0.492 e. The maximum atomic E-state index is 13.1. The second kappa shape index (κ2) is 8.73.